The van der Waals surface area contributed by atoms with Crippen molar-refractivity contribution in [1.82, 2.24) is 30.0 Å². The normalized spacial score (nSPS) is 15.9. The predicted molar refractivity (Wildman–Crippen MR) is 336 cm³/mol. The summed E-state index contributed by atoms with van der Waals surface area (Å²) in [5.41, 5.74) is 8.26. The van der Waals surface area contributed by atoms with Crippen LogP contribution < -0.4 is 24.3 Å². The van der Waals surface area contributed by atoms with Gasteiger partial charge in [0.2, 0.25) is 0 Å². The Hall–Kier alpha value is -6.38. The van der Waals surface area contributed by atoms with E-state index in [0.717, 1.165) is 81.6 Å². The number of amides is 2. The Kier molecular flexibility index (Phi) is 20.8. The molecule has 2 atom stereocenters. The zero-order chi connectivity index (χ0) is 57.7. The van der Waals surface area contributed by atoms with E-state index in [1.54, 1.807) is 58.3 Å². The molecule has 5 heterocycles. The third-order valence-electron chi connectivity index (χ3n) is 15.8. The number of unbranched alkanes of at least 4 members (excludes halogenated alkanes) is 6. The minimum atomic E-state index is -0.413. The largest absolute Gasteiger partial charge is 0.494 e. The number of carbonyl (C=O) groups is 2. The maximum atomic E-state index is 13.5. The number of aromatic amines is 2. The van der Waals surface area contributed by atoms with Crippen LogP contribution in [0.5, 0.6) is 23.0 Å². The molecule has 83 heavy (non-hydrogen) atoms. The maximum Gasteiger partial charge on any atom is 0.416 e. The van der Waals surface area contributed by atoms with Gasteiger partial charge in [-0.05, 0) is 209 Å². The lowest BCUT2D eigenvalue weighted by Crippen LogP contribution is -2.42. The van der Waals surface area contributed by atoms with Crippen molar-refractivity contribution >= 4 is 80.4 Å². The van der Waals surface area contributed by atoms with Gasteiger partial charge >= 0.3 is 12.2 Å². The highest BCUT2D eigenvalue weighted by Gasteiger charge is 2.37. The third kappa shape index (κ3) is 15.7. The number of likely N-dealkylation sites (tertiary alicyclic amines) is 1. The summed E-state index contributed by atoms with van der Waals surface area (Å²) in [4.78, 5) is 40.3. The first-order valence-electron chi connectivity index (χ1n) is 29.4. The van der Waals surface area contributed by atoms with E-state index >= 15 is 0 Å². The van der Waals surface area contributed by atoms with Gasteiger partial charge in [-0.15, -0.1) is 0 Å². The Labute approximate surface area is 507 Å². The average Bonchev–Trinajstić information content (AvgIpc) is 4.12. The second kappa shape index (κ2) is 28.9. The molecule has 11 rings (SSSR count). The fourth-order valence-corrected chi connectivity index (χ4v) is 12.2. The van der Waals surface area contributed by atoms with Crippen molar-refractivity contribution in [3.63, 3.8) is 0 Å². The van der Waals surface area contributed by atoms with Crippen LogP contribution in [0.3, 0.4) is 0 Å². The fourth-order valence-electron chi connectivity index (χ4n) is 11.6. The van der Waals surface area contributed by atoms with Crippen LogP contribution in [0.15, 0.2) is 133 Å². The van der Waals surface area contributed by atoms with Gasteiger partial charge in [-0.1, -0.05) is 110 Å². The number of fused-ring (bicyclic) bond motifs is 6. The molecule has 12 nitrogen and oxygen atoms in total. The van der Waals surface area contributed by atoms with Crippen LogP contribution in [0.1, 0.15) is 124 Å². The number of hydrogen-bond donors (Lipinski definition) is 3. The van der Waals surface area contributed by atoms with E-state index in [0.29, 0.717) is 76.8 Å². The average molecular weight is 1200 g/mol. The second-order valence-corrected chi connectivity index (χ2v) is 23.8. The van der Waals surface area contributed by atoms with Crippen LogP contribution in [0.25, 0.3) is 21.8 Å². The molecule has 436 valence electrons. The topological polar surface area (TPSA) is 124 Å². The number of rotatable bonds is 21. The smallest absolute Gasteiger partial charge is 0.416 e. The van der Waals surface area contributed by atoms with Crippen molar-refractivity contribution in [3.05, 3.63) is 187 Å². The summed E-state index contributed by atoms with van der Waals surface area (Å²) >= 11 is 24.7. The van der Waals surface area contributed by atoms with Gasteiger partial charge in [0.05, 0.1) is 13.2 Å². The minimum Gasteiger partial charge on any atom is -0.494 e. The van der Waals surface area contributed by atoms with Crippen molar-refractivity contribution in [2.75, 3.05) is 52.5 Å². The third-order valence-corrected chi connectivity index (χ3v) is 16.8. The molecule has 1 saturated heterocycles. The zero-order valence-corrected chi connectivity index (χ0v) is 50.4. The van der Waals surface area contributed by atoms with Gasteiger partial charge < -0.3 is 39.1 Å². The van der Waals surface area contributed by atoms with Gasteiger partial charge in [0.15, 0.2) is 0 Å². The number of carbonyl (C=O) groups excluding carboxylic acids is 2. The second-order valence-electron chi connectivity index (χ2n) is 22.1. The monoisotopic (exact) mass is 1200 g/mol. The van der Waals surface area contributed by atoms with Gasteiger partial charge in [0.1, 0.15) is 35.1 Å². The quantitative estimate of drug-likeness (QED) is 0.0608. The maximum absolute atomic E-state index is 13.5. The summed E-state index contributed by atoms with van der Waals surface area (Å²) in [6.45, 7) is 11.6. The van der Waals surface area contributed by atoms with Gasteiger partial charge in [-0.3, -0.25) is 9.80 Å². The molecule has 3 aliphatic heterocycles. The summed E-state index contributed by atoms with van der Waals surface area (Å²) in [5.74, 6) is 2.57. The van der Waals surface area contributed by atoms with Crippen molar-refractivity contribution in [2.24, 2.45) is 0 Å². The van der Waals surface area contributed by atoms with Crippen molar-refractivity contribution in [2.45, 2.75) is 109 Å². The molecule has 16 heteroatoms. The highest BCUT2D eigenvalue weighted by atomic mass is 35.5. The molecule has 6 aromatic carbocycles. The molecular weight excluding hydrogens is 1130 g/mol. The molecule has 0 bridgehead atoms. The van der Waals surface area contributed by atoms with E-state index in [2.05, 4.69) is 34.0 Å². The summed E-state index contributed by atoms with van der Waals surface area (Å²) in [5, 5.41) is 8.19. The van der Waals surface area contributed by atoms with Crippen molar-refractivity contribution < 1.29 is 28.5 Å². The van der Waals surface area contributed by atoms with E-state index in [-0.39, 0.29) is 12.1 Å². The standard InChI is InChI=1S/C34H37Cl2N3O3.C33H37Cl2N3O3/c35-25-9-14-28(15-10-25)42-34(40)39-21-17-29-30-23-26(36)11-16-31(30)37-32(29)33(39)24-7-12-27(13-8-24)41-22-6-2-1-3-18-38-19-4-5-20-38;1-22(2)36-18-5-3-4-6-20-40-26-12-7-23(8-13-26)32-31-28(29-21-25(35)11-16-30(29)37-31)17-19-38(32)33(39)41-27-14-9-24(34)10-15-27/h7-16,23,33,37H,1-6,17-22H2;7-16,21-22,32,36-37H,3-6,17-20H2,1-2H3. The molecular formula is C67H74Cl4N6O6. The minimum absolute atomic E-state index is 0.343. The van der Waals surface area contributed by atoms with Gasteiger partial charge in [-0.2, -0.15) is 0 Å². The first-order chi connectivity index (χ1) is 40.4. The van der Waals surface area contributed by atoms with E-state index in [1.165, 1.54) is 75.7 Å². The number of benzene rings is 6. The lowest BCUT2D eigenvalue weighted by Gasteiger charge is -2.35. The van der Waals surface area contributed by atoms with E-state index in [9.17, 15) is 9.59 Å². The molecule has 2 amide bonds. The van der Waals surface area contributed by atoms with Crippen LogP contribution in [-0.2, 0) is 12.8 Å². The summed E-state index contributed by atoms with van der Waals surface area (Å²) in [7, 11) is 0. The first-order valence-corrected chi connectivity index (χ1v) is 30.9. The lowest BCUT2D eigenvalue weighted by molar-refractivity contribution is 0.134. The molecule has 0 radical (unpaired) electrons. The van der Waals surface area contributed by atoms with E-state index in [1.807, 2.05) is 84.9 Å². The summed E-state index contributed by atoms with van der Waals surface area (Å²) in [6, 6.07) is 41.4. The van der Waals surface area contributed by atoms with Gasteiger partial charge in [-0.25, -0.2) is 9.59 Å². The Morgan fingerprint density at radius 3 is 1.36 bits per heavy atom. The molecule has 2 unspecified atom stereocenters. The highest BCUT2D eigenvalue weighted by molar-refractivity contribution is 6.32. The Morgan fingerprint density at radius 2 is 0.916 bits per heavy atom. The fraction of sp³-hybridized carbons (Fsp3) is 0.373. The van der Waals surface area contributed by atoms with Crippen LogP contribution in [0.4, 0.5) is 9.59 Å². The Balaban J connectivity index is 0.000000185. The molecule has 3 N–H and O–H groups in total. The molecule has 1 fully saturated rings. The first kappa shape index (κ1) is 59.8. The zero-order valence-electron chi connectivity index (χ0n) is 47.4. The SMILES string of the molecule is CC(C)NCCCCCCOc1ccc(C2c3[nH]c4ccc(Cl)cc4c3CCN2C(=O)Oc2ccc(Cl)cc2)cc1.O=C(Oc1ccc(Cl)cc1)N1CCc2c([nH]c3ccc(Cl)cc23)C1c1ccc(OCCCCCCN2CCCC2)cc1. The Morgan fingerprint density at radius 1 is 0.506 bits per heavy atom. The highest BCUT2D eigenvalue weighted by Crippen LogP contribution is 2.42. The van der Waals surface area contributed by atoms with Crippen molar-refractivity contribution in [3.8, 4) is 23.0 Å². The number of ether oxygens (including phenoxy) is 4. The number of nitrogens with zero attached hydrogens (tertiary/aromatic N) is 3. The summed E-state index contributed by atoms with van der Waals surface area (Å²) in [6.07, 6.45) is 12.6. The van der Waals surface area contributed by atoms with Gasteiger partial charge in [0.25, 0.3) is 0 Å². The van der Waals surface area contributed by atoms with Crippen molar-refractivity contribution in [1.29, 1.82) is 0 Å². The molecule has 0 spiro atoms. The number of aromatic nitrogens is 2. The van der Waals surface area contributed by atoms with Crippen LogP contribution >= 0.6 is 46.4 Å². The molecule has 2 aromatic heterocycles. The van der Waals surface area contributed by atoms with E-state index in [4.69, 9.17) is 65.4 Å². The van der Waals surface area contributed by atoms with Crippen LogP contribution in [-0.4, -0.2) is 95.4 Å². The number of halogens is 4. The molecule has 8 aromatic rings. The number of H-pyrrole nitrogens is 2. The summed E-state index contributed by atoms with van der Waals surface area (Å²) < 4.78 is 23.7. The molecule has 0 aliphatic carbocycles. The molecule has 0 saturated carbocycles. The Bertz CT molecular complexity index is 3400. The number of nitrogens with one attached hydrogen (secondary N) is 3. The lowest BCUT2D eigenvalue weighted by atomic mass is 9.92. The van der Waals surface area contributed by atoms with E-state index < -0.39 is 12.2 Å². The molecule has 3 aliphatic rings. The van der Waals surface area contributed by atoms with Crippen LogP contribution in [0, 0.1) is 0 Å². The van der Waals surface area contributed by atoms with Crippen LogP contribution in [0.2, 0.25) is 20.1 Å². The predicted octanol–water partition coefficient (Wildman–Crippen LogP) is 17.2. The van der Waals surface area contributed by atoms with Gasteiger partial charge in [0, 0.05) is 72.4 Å². The number of hydrogen-bond acceptors (Lipinski definition) is 8.